The van der Waals surface area contributed by atoms with Gasteiger partial charge < -0.3 is 20.7 Å². The topological polar surface area (TPSA) is 114 Å². The molecule has 0 atom stereocenters. The molecule has 9 nitrogen and oxygen atoms in total. The monoisotopic (exact) mass is 399 g/mol. The highest BCUT2D eigenvalue weighted by molar-refractivity contribution is 7.07. The molecule has 0 aliphatic rings. The van der Waals surface area contributed by atoms with Crippen LogP contribution in [0.5, 0.6) is 5.75 Å². The summed E-state index contributed by atoms with van der Waals surface area (Å²) in [6.07, 6.45) is 0. The van der Waals surface area contributed by atoms with Crippen molar-refractivity contribution in [3.63, 3.8) is 0 Å². The van der Waals surface area contributed by atoms with Gasteiger partial charge in [-0.1, -0.05) is 4.49 Å². The van der Waals surface area contributed by atoms with Gasteiger partial charge in [0.15, 0.2) is 0 Å². The third kappa shape index (κ3) is 5.13. The summed E-state index contributed by atoms with van der Waals surface area (Å²) in [6.45, 7) is 4.57. The maximum absolute atomic E-state index is 12.0. The number of carbonyl (C=O) groups is 1. The zero-order chi connectivity index (χ0) is 19.9. The summed E-state index contributed by atoms with van der Waals surface area (Å²) in [5.74, 6) is 1.77. The summed E-state index contributed by atoms with van der Waals surface area (Å²) in [7, 11) is 1.63. The fourth-order valence-corrected chi connectivity index (χ4v) is 2.98. The Morgan fingerprint density at radius 3 is 2.61 bits per heavy atom. The average Bonchev–Trinajstić information content (AvgIpc) is 3.11. The Kier molecular flexibility index (Phi) is 6.33. The first-order valence-corrected chi connectivity index (χ1v) is 9.40. The van der Waals surface area contributed by atoms with E-state index in [0.717, 1.165) is 28.7 Å². The van der Waals surface area contributed by atoms with Crippen molar-refractivity contribution in [2.45, 2.75) is 13.8 Å². The van der Waals surface area contributed by atoms with Gasteiger partial charge in [0.1, 0.15) is 16.4 Å². The SMILES string of the molecule is COc1ccc(Nc2cc(C)nc(NCCNC(=O)c3snnc3C)n2)cc1. The number of aromatic nitrogens is 4. The van der Waals surface area contributed by atoms with E-state index in [1.807, 2.05) is 37.3 Å². The zero-order valence-corrected chi connectivity index (χ0v) is 16.6. The molecule has 3 N–H and O–H groups in total. The van der Waals surface area contributed by atoms with Crippen LogP contribution < -0.4 is 20.7 Å². The second kappa shape index (κ2) is 9.09. The van der Waals surface area contributed by atoms with Gasteiger partial charge in [-0.05, 0) is 49.6 Å². The highest BCUT2D eigenvalue weighted by Gasteiger charge is 2.12. The third-order valence-electron chi connectivity index (χ3n) is 3.77. The average molecular weight is 399 g/mol. The summed E-state index contributed by atoms with van der Waals surface area (Å²) in [4.78, 5) is 21.4. The van der Waals surface area contributed by atoms with Crippen LogP contribution in [0, 0.1) is 13.8 Å². The van der Waals surface area contributed by atoms with E-state index in [9.17, 15) is 4.79 Å². The largest absolute Gasteiger partial charge is 0.497 e. The van der Waals surface area contributed by atoms with Crippen molar-refractivity contribution < 1.29 is 9.53 Å². The van der Waals surface area contributed by atoms with Gasteiger partial charge in [-0.25, -0.2) is 4.98 Å². The van der Waals surface area contributed by atoms with Crippen LogP contribution in [0.15, 0.2) is 30.3 Å². The van der Waals surface area contributed by atoms with Crippen molar-refractivity contribution in [3.05, 3.63) is 46.6 Å². The Labute approximate surface area is 166 Å². The number of carbonyl (C=O) groups excluding carboxylic acids is 1. The van der Waals surface area contributed by atoms with Crippen molar-refractivity contribution in [2.75, 3.05) is 30.8 Å². The summed E-state index contributed by atoms with van der Waals surface area (Å²) < 4.78 is 8.92. The van der Waals surface area contributed by atoms with Crippen LogP contribution in [0.25, 0.3) is 0 Å². The number of benzene rings is 1. The summed E-state index contributed by atoms with van der Waals surface area (Å²) in [5, 5.41) is 13.0. The quantitative estimate of drug-likeness (QED) is 0.495. The molecule has 3 aromatic rings. The second-order valence-electron chi connectivity index (χ2n) is 5.94. The zero-order valence-electron chi connectivity index (χ0n) is 15.8. The molecular formula is C18H21N7O2S. The van der Waals surface area contributed by atoms with Crippen LogP contribution in [-0.4, -0.2) is 45.7 Å². The number of nitrogens with zero attached hydrogens (tertiary/aromatic N) is 4. The lowest BCUT2D eigenvalue weighted by Gasteiger charge is -2.11. The fraction of sp³-hybridized carbons (Fsp3) is 0.278. The number of rotatable bonds is 8. The number of amides is 1. The first kappa shape index (κ1) is 19.5. The van der Waals surface area contributed by atoms with Gasteiger partial charge in [-0.15, -0.1) is 5.10 Å². The molecule has 3 rings (SSSR count). The minimum atomic E-state index is -0.179. The predicted octanol–water partition coefficient (Wildman–Crippen LogP) is 2.54. The maximum Gasteiger partial charge on any atom is 0.265 e. The number of hydrogen-bond acceptors (Lipinski definition) is 9. The van der Waals surface area contributed by atoms with E-state index in [2.05, 4.69) is 35.5 Å². The molecule has 0 unspecified atom stereocenters. The van der Waals surface area contributed by atoms with Crippen molar-refractivity contribution in [1.29, 1.82) is 0 Å². The lowest BCUT2D eigenvalue weighted by atomic mass is 10.3. The van der Waals surface area contributed by atoms with Crippen molar-refractivity contribution >= 4 is 34.9 Å². The Hall–Kier alpha value is -3.27. The number of aryl methyl sites for hydroxylation is 2. The van der Waals surface area contributed by atoms with Gasteiger partial charge in [-0.2, -0.15) is 4.98 Å². The van der Waals surface area contributed by atoms with Crippen LogP contribution in [0.2, 0.25) is 0 Å². The molecule has 1 amide bonds. The van der Waals surface area contributed by atoms with E-state index in [4.69, 9.17) is 4.74 Å². The van der Waals surface area contributed by atoms with E-state index in [1.54, 1.807) is 14.0 Å². The third-order valence-corrected chi connectivity index (χ3v) is 4.59. The van der Waals surface area contributed by atoms with E-state index in [-0.39, 0.29) is 5.91 Å². The Morgan fingerprint density at radius 2 is 1.93 bits per heavy atom. The Bertz CT molecular complexity index is 943. The number of anilines is 3. The first-order valence-electron chi connectivity index (χ1n) is 8.63. The van der Waals surface area contributed by atoms with Crippen LogP contribution in [0.4, 0.5) is 17.5 Å². The number of ether oxygens (including phenoxy) is 1. The molecule has 10 heteroatoms. The summed E-state index contributed by atoms with van der Waals surface area (Å²) in [5.41, 5.74) is 2.35. The minimum Gasteiger partial charge on any atom is -0.497 e. The smallest absolute Gasteiger partial charge is 0.265 e. The van der Waals surface area contributed by atoms with Gasteiger partial charge in [0.2, 0.25) is 5.95 Å². The summed E-state index contributed by atoms with van der Waals surface area (Å²) in [6, 6.07) is 9.43. The Morgan fingerprint density at radius 1 is 1.14 bits per heavy atom. The molecular weight excluding hydrogens is 378 g/mol. The van der Waals surface area contributed by atoms with E-state index >= 15 is 0 Å². The predicted molar refractivity (Wildman–Crippen MR) is 109 cm³/mol. The molecule has 0 saturated carbocycles. The van der Waals surface area contributed by atoms with Crippen LogP contribution in [0.1, 0.15) is 21.1 Å². The number of hydrogen-bond donors (Lipinski definition) is 3. The van der Waals surface area contributed by atoms with Crippen molar-refractivity contribution in [1.82, 2.24) is 24.9 Å². The van der Waals surface area contributed by atoms with Crippen molar-refractivity contribution in [3.8, 4) is 5.75 Å². The molecule has 146 valence electrons. The van der Waals surface area contributed by atoms with Gasteiger partial charge in [-0.3, -0.25) is 4.79 Å². The molecule has 28 heavy (non-hydrogen) atoms. The standard InChI is InChI=1S/C18H21N7O2S/c1-11-10-15(22-13-4-6-14(27-3)7-5-13)23-18(21-11)20-9-8-19-17(26)16-12(2)24-25-28-16/h4-7,10H,8-9H2,1-3H3,(H,19,26)(H2,20,21,22,23). The number of methoxy groups -OCH3 is 1. The summed E-state index contributed by atoms with van der Waals surface area (Å²) >= 11 is 1.08. The van der Waals surface area contributed by atoms with E-state index in [0.29, 0.717) is 35.4 Å². The van der Waals surface area contributed by atoms with Gasteiger partial charge >= 0.3 is 0 Å². The van der Waals surface area contributed by atoms with Gasteiger partial charge in [0.05, 0.1) is 12.8 Å². The van der Waals surface area contributed by atoms with Crippen LogP contribution in [-0.2, 0) is 0 Å². The second-order valence-corrected chi connectivity index (χ2v) is 6.70. The maximum atomic E-state index is 12.0. The molecule has 2 heterocycles. The number of nitrogens with one attached hydrogen (secondary N) is 3. The molecule has 1 aromatic carbocycles. The molecule has 0 saturated heterocycles. The van der Waals surface area contributed by atoms with E-state index in [1.165, 1.54) is 0 Å². The molecule has 0 aliphatic carbocycles. The highest BCUT2D eigenvalue weighted by atomic mass is 32.1. The first-order chi connectivity index (χ1) is 13.5. The van der Waals surface area contributed by atoms with Crippen molar-refractivity contribution in [2.24, 2.45) is 0 Å². The van der Waals surface area contributed by atoms with Gasteiger partial charge in [0.25, 0.3) is 5.91 Å². The molecule has 0 radical (unpaired) electrons. The Balaban J connectivity index is 1.54. The van der Waals surface area contributed by atoms with E-state index < -0.39 is 0 Å². The van der Waals surface area contributed by atoms with Crippen LogP contribution in [0.3, 0.4) is 0 Å². The normalized spacial score (nSPS) is 10.4. The molecule has 0 aliphatic heterocycles. The molecule has 0 bridgehead atoms. The lowest BCUT2D eigenvalue weighted by molar-refractivity contribution is 0.0958. The van der Waals surface area contributed by atoms with Gasteiger partial charge in [0, 0.05) is 30.5 Å². The molecule has 0 fully saturated rings. The lowest BCUT2D eigenvalue weighted by Crippen LogP contribution is -2.29. The minimum absolute atomic E-state index is 0.179. The van der Waals surface area contributed by atoms with Crippen LogP contribution >= 0.6 is 11.5 Å². The fourth-order valence-electron chi connectivity index (χ4n) is 2.40. The molecule has 0 spiro atoms. The molecule has 2 aromatic heterocycles. The highest BCUT2D eigenvalue weighted by Crippen LogP contribution is 2.19.